The van der Waals surface area contributed by atoms with E-state index in [2.05, 4.69) is 4.98 Å². The van der Waals surface area contributed by atoms with Crippen LogP contribution in [0.3, 0.4) is 0 Å². The highest BCUT2D eigenvalue weighted by Crippen LogP contribution is 2.22. The molecule has 0 aliphatic carbocycles. The highest BCUT2D eigenvalue weighted by molar-refractivity contribution is 5.42. The lowest BCUT2D eigenvalue weighted by atomic mass is 10.1. The number of alkyl halides is 3. The molecule has 1 heterocycles. The molecule has 1 atom stereocenters. The number of nitrogens with two attached hydrogens (primary N) is 1. The minimum absolute atomic E-state index is 0.130. The van der Waals surface area contributed by atoms with Crippen LogP contribution in [0.4, 0.5) is 19.0 Å². The molecule has 102 valence electrons. The van der Waals surface area contributed by atoms with E-state index in [-0.39, 0.29) is 25.0 Å². The van der Waals surface area contributed by atoms with Gasteiger partial charge in [-0.05, 0) is 24.6 Å². The first-order valence-corrected chi connectivity index (χ1v) is 5.47. The van der Waals surface area contributed by atoms with E-state index in [0.29, 0.717) is 5.56 Å². The number of rotatable bonds is 5. The lowest BCUT2D eigenvalue weighted by Crippen LogP contribution is -2.36. The number of aliphatic hydroxyl groups is 1. The Morgan fingerprint density at radius 2 is 2.17 bits per heavy atom. The first-order chi connectivity index (χ1) is 8.33. The van der Waals surface area contributed by atoms with Crippen LogP contribution in [0, 0.1) is 0 Å². The molecule has 0 aliphatic heterocycles. The number of anilines is 1. The van der Waals surface area contributed by atoms with Crippen molar-refractivity contribution < 1.29 is 18.3 Å². The summed E-state index contributed by atoms with van der Waals surface area (Å²) >= 11 is 0. The van der Waals surface area contributed by atoms with Gasteiger partial charge in [-0.25, -0.2) is 4.98 Å². The lowest BCUT2D eigenvalue weighted by molar-refractivity contribution is -0.120. The van der Waals surface area contributed by atoms with E-state index in [9.17, 15) is 13.2 Å². The fourth-order valence-corrected chi connectivity index (χ4v) is 1.50. The fraction of sp³-hybridized carbons (Fsp3) is 0.545. The molecule has 1 rings (SSSR count). The third-order valence-corrected chi connectivity index (χ3v) is 2.36. The molecule has 0 unspecified atom stereocenters. The number of hydrogen-bond acceptors (Lipinski definition) is 4. The maximum Gasteiger partial charge on any atom is 0.405 e. The van der Waals surface area contributed by atoms with Gasteiger partial charge in [0.25, 0.3) is 0 Å². The molecule has 0 spiro atoms. The van der Waals surface area contributed by atoms with Gasteiger partial charge in [0.2, 0.25) is 0 Å². The number of pyridine rings is 1. The maximum atomic E-state index is 12.4. The average Bonchev–Trinajstić information content (AvgIpc) is 2.27. The fourth-order valence-electron chi connectivity index (χ4n) is 1.50. The predicted octanol–water partition coefficient (Wildman–Crippen LogP) is 1.46. The van der Waals surface area contributed by atoms with Crippen molar-refractivity contribution in [3.05, 3.63) is 23.9 Å². The topological polar surface area (TPSA) is 62.4 Å². The Labute approximate surface area is 103 Å². The molecule has 0 radical (unpaired) electrons. The van der Waals surface area contributed by atoms with Crippen molar-refractivity contribution in [2.45, 2.75) is 19.1 Å². The predicted molar refractivity (Wildman–Crippen MR) is 62.2 cm³/mol. The standard InChI is InChI=1S/C11H16F3N3O/c1-8(15)9-2-3-16-10(6-9)17(4-5-18)7-11(12,13)14/h2-3,6,8,18H,4-5,7,15H2,1H3/t8-/m1/s1. The normalized spacial score (nSPS) is 13.4. The summed E-state index contributed by atoms with van der Waals surface area (Å²) in [6, 6.07) is 2.87. The zero-order valence-corrected chi connectivity index (χ0v) is 9.98. The van der Waals surface area contributed by atoms with Gasteiger partial charge in [0, 0.05) is 18.8 Å². The molecule has 4 nitrogen and oxygen atoms in total. The number of nitrogens with zero attached hydrogens (tertiary/aromatic N) is 2. The molecule has 0 aliphatic rings. The van der Waals surface area contributed by atoms with Crippen LogP contribution in [-0.4, -0.2) is 36.0 Å². The van der Waals surface area contributed by atoms with Crippen LogP contribution in [-0.2, 0) is 0 Å². The van der Waals surface area contributed by atoms with Crippen molar-refractivity contribution in [1.29, 1.82) is 0 Å². The van der Waals surface area contributed by atoms with Gasteiger partial charge < -0.3 is 15.7 Å². The first-order valence-electron chi connectivity index (χ1n) is 5.47. The molecule has 0 fully saturated rings. The molecule has 0 aromatic carbocycles. The Bertz CT molecular complexity index is 382. The van der Waals surface area contributed by atoms with E-state index in [4.69, 9.17) is 10.8 Å². The minimum atomic E-state index is -4.35. The second-order valence-electron chi connectivity index (χ2n) is 4.00. The van der Waals surface area contributed by atoms with Crippen molar-refractivity contribution >= 4 is 5.82 Å². The third-order valence-electron chi connectivity index (χ3n) is 2.36. The summed E-state index contributed by atoms with van der Waals surface area (Å²) in [6.07, 6.45) is -2.93. The molecule has 0 amide bonds. The Kier molecular flexibility index (Phi) is 4.92. The summed E-state index contributed by atoms with van der Waals surface area (Å²) in [5.74, 6) is 0.163. The van der Waals surface area contributed by atoms with Crippen molar-refractivity contribution in [1.82, 2.24) is 4.98 Å². The molecular formula is C11H16F3N3O. The van der Waals surface area contributed by atoms with Gasteiger partial charge in [-0.15, -0.1) is 0 Å². The summed E-state index contributed by atoms with van der Waals surface area (Å²) in [4.78, 5) is 4.86. The second kappa shape index (κ2) is 6.01. The summed E-state index contributed by atoms with van der Waals surface area (Å²) < 4.78 is 37.2. The zero-order valence-electron chi connectivity index (χ0n) is 9.98. The SMILES string of the molecule is C[C@@H](N)c1ccnc(N(CCO)CC(F)(F)F)c1. The van der Waals surface area contributed by atoms with Crippen LogP contribution in [0.15, 0.2) is 18.3 Å². The largest absolute Gasteiger partial charge is 0.405 e. The molecule has 0 saturated carbocycles. The quantitative estimate of drug-likeness (QED) is 0.844. The Morgan fingerprint density at radius 3 is 2.67 bits per heavy atom. The highest BCUT2D eigenvalue weighted by atomic mass is 19.4. The molecule has 1 aromatic rings. The van der Waals surface area contributed by atoms with Crippen LogP contribution in [0.5, 0.6) is 0 Å². The van der Waals surface area contributed by atoms with E-state index >= 15 is 0 Å². The zero-order chi connectivity index (χ0) is 13.8. The molecule has 0 saturated heterocycles. The van der Waals surface area contributed by atoms with Gasteiger partial charge in [-0.3, -0.25) is 0 Å². The number of aromatic nitrogens is 1. The highest BCUT2D eigenvalue weighted by Gasteiger charge is 2.31. The second-order valence-corrected chi connectivity index (χ2v) is 4.00. The summed E-state index contributed by atoms with van der Waals surface area (Å²) in [7, 11) is 0. The van der Waals surface area contributed by atoms with Crippen LogP contribution in [0.25, 0.3) is 0 Å². The Morgan fingerprint density at radius 1 is 1.50 bits per heavy atom. The number of halogens is 3. The molecule has 18 heavy (non-hydrogen) atoms. The van der Waals surface area contributed by atoms with Crippen LogP contribution in [0.1, 0.15) is 18.5 Å². The summed E-state index contributed by atoms with van der Waals surface area (Å²) in [5, 5.41) is 8.81. The van der Waals surface area contributed by atoms with Gasteiger partial charge in [0.05, 0.1) is 6.61 Å². The average molecular weight is 263 g/mol. The minimum Gasteiger partial charge on any atom is -0.395 e. The molecule has 3 N–H and O–H groups in total. The summed E-state index contributed by atoms with van der Waals surface area (Å²) in [5.41, 5.74) is 6.37. The maximum absolute atomic E-state index is 12.4. The van der Waals surface area contributed by atoms with Crippen LogP contribution < -0.4 is 10.6 Å². The van der Waals surface area contributed by atoms with E-state index in [1.807, 2.05) is 0 Å². The van der Waals surface area contributed by atoms with Crippen molar-refractivity contribution in [2.24, 2.45) is 5.73 Å². The Hall–Kier alpha value is -1.34. The van der Waals surface area contributed by atoms with E-state index in [1.165, 1.54) is 12.3 Å². The lowest BCUT2D eigenvalue weighted by Gasteiger charge is -2.24. The molecule has 7 heteroatoms. The third kappa shape index (κ3) is 4.50. The van der Waals surface area contributed by atoms with Gasteiger partial charge >= 0.3 is 6.18 Å². The van der Waals surface area contributed by atoms with Gasteiger partial charge in [0.15, 0.2) is 0 Å². The molecular weight excluding hydrogens is 247 g/mol. The smallest absolute Gasteiger partial charge is 0.395 e. The summed E-state index contributed by atoms with van der Waals surface area (Å²) in [6.45, 7) is 0.0807. The van der Waals surface area contributed by atoms with Gasteiger partial charge in [0.1, 0.15) is 12.4 Å². The van der Waals surface area contributed by atoms with Gasteiger partial charge in [-0.2, -0.15) is 13.2 Å². The van der Waals surface area contributed by atoms with Crippen molar-refractivity contribution in [2.75, 3.05) is 24.6 Å². The molecule has 1 aromatic heterocycles. The van der Waals surface area contributed by atoms with Crippen LogP contribution >= 0.6 is 0 Å². The van der Waals surface area contributed by atoms with E-state index in [1.54, 1.807) is 13.0 Å². The monoisotopic (exact) mass is 263 g/mol. The Balaban J connectivity index is 2.94. The van der Waals surface area contributed by atoms with Crippen LogP contribution in [0.2, 0.25) is 0 Å². The van der Waals surface area contributed by atoms with E-state index in [0.717, 1.165) is 4.90 Å². The molecule has 0 bridgehead atoms. The van der Waals surface area contributed by atoms with Crippen molar-refractivity contribution in [3.63, 3.8) is 0 Å². The van der Waals surface area contributed by atoms with Crippen molar-refractivity contribution in [3.8, 4) is 0 Å². The first kappa shape index (κ1) is 14.7. The van der Waals surface area contributed by atoms with E-state index < -0.39 is 12.7 Å². The number of hydrogen-bond donors (Lipinski definition) is 2. The number of aliphatic hydroxyl groups excluding tert-OH is 1. The van der Waals surface area contributed by atoms with Gasteiger partial charge in [-0.1, -0.05) is 0 Å².